The second kappa shape index (κ2) is 6.73. The number of hydrogen-bond acceptors (Lipinski definition) is 3. The maximum Gasteiger partial charge on any atom is 0.253 e. The first-order valence-electron chi connectivity index (χ1n) is 8.36. The molecule has 1 aliphatic heterocycles. The molecule has 0 aliphatic carbocycles. The molecule has 1 aliphatic rings. The quantitative estimate of drug-likeness (QED) is 0.703. The minimum atomic E-state index is 0.0624. The molecule has 4 rings (SSSR count). The number of hydrogen-bond donors (Lipinski definition) is 0. The maximum atomic E-state index is 12.6. The van der Waals surface area contributed by atoms with Gasteiger partial charge in [-0.2, -0.15) is 0 Å². The summed E-state index contributed by atoms with van der Waals surface area (Å²) in [5, 5.41) is 1.78. The molecule has 0 atom stereocenters. The number of piperazine rings is 1. The molecular formula is C20H18ClN3O. The first-order chi connectivity index (χ1) is 12.2. The first-order valence-corrected chi connectivity index (χ1v) is 8.74. The molecule has 4 nitrogen and oxygen atoms in total. The SMILES string of the molecule is O=C(c1ccc(Cl)cc1)N1CCN(c2cccc3cccnc23)CC1. The van der Waals surface area contributed by atoms with E-state index in [1.54, 1.807) is 24.3 Å². The Morgan fingerprint density at radius 2 is 1.64 bits per heavy atom. The topological polar surface area (TPSA) is 36.4 Å². The third kappa shape index (κ3) is 3.17. The second-order valence-electron chi connectivity index (χ2n) is 6.14. The number of aromatic nitrogens is 1. The van der Waals surface area contributed by atoms with E-state index in [1.165, 1.54) is 0 Å². The minimum absolute atomic E-state index is 0.0624. The molecule has 0 spiro atoms. The van der Waals surface area contributed by atoms with Crippen molar-refractivity contribution >= 4 is 34.1 Å². The van der Waals surface area contributed by atoms with Crippen LogP contribution in [0.25, 0.3) is 10.9 Å². The summed E-state index contributed by atoms with van der Waals surface area (Å²) >= 11 is 5.90. The molecule has 1 saturated heterocycles. The Labute approximate surface area is 151 Å². The van der Waals surface area contributed by atoms with Crippen LogP contribution in [-0.4, -0.2) is 42.0 Å². The average Bonchev–Trinajstić information content (AvgIpc) is 2.68. The van der Waals surface area contributed by atoms with Gasteiger partial charge in [-0.25, -0.2) is 0 Å². The van der Waals surface area contributed by atoms with E-state index < -0.39 is 0 Å². The summed E-state index contributed by atoms with van der Waals surface area (Å²) in [7, 11) is 0. The summed E-state index contributed by atoms with van der Waals surface area (Å²) in [5.41, 5.74) is 2.84. The predicted molar refractivity (Wildman–Crippen MR) is 101 cm³/mol. The first kappa shape index (κ1) is 15.9. The Kier molecular flexibility index (Phi) is 4.28. The largest absolute Gasteiger partial charge is 0.366 e. The molecule has 0 bridgehead atoms. The highest BCUT2D eigenvalue weighted by Gasteiger charge is 2.23. The molecule has 1 fully saturated rings. The molecule has 0 saturated carbocycles. The molecule has 2 heterocycles. The zero-order valence-electron chi connectivity index (χ0n) is 13.7. The summed E-state index contributed by atoms with van der Waals surface area (Å²) in [4.78, 5) is 21.4. The average molecular weight is 352 g/mol. The fraction of sp³-hybridized carbons (Fsp3) is 0.200. The van der Waals surface area contributed by atoms with Crippen LogP contribution in [0.3, 0.4) is 0 Å². The van der Waals surface area contributed by atoms with E-state index in [9.17, 15) is 4.79 Å². The van der Waals surface area contributed by atoms with Gasteiger partial charge in [-0.1, -0.05) is 29.8 Å². The van der Waals surface area contributed by atoms with Crippen molar-refractivity contribution in [2.24, 2.45) is 0 Å². The van der Waals surface area contributed by atoms with E-state index in [0.29, 0.717) is 23.7 Å². The number of carbonyl (C=O) groups is 1. The van der Waals surface area contributed by atoms with Gasteiger partial charge >= 0.3 is 0 Å². The monoisotopic (exact) mass is 351 g/mol. The molecule has 2 aromatic carbocycles. The van der Waals surface area contributed by atoms with E-state index >= 15 is 0 Å². The van der Waals surface area contributed by atoms with Crippen molar-refractivity contribution in [3.05, 3.63) is 71.4 Å². The number of anilines is 1. The molecule has 0 N–H and O–H groups in total. The van der Waals surface area contributed by atoms with Crippen LogP contribution in [-0.2, 0) is 0 Å². The Bertz CT molecular complexity index is 897. The number of rotatable bonds is 2. The Hall–Kier alpha value is -2.59. The minimum Gasteiger partial charge on any atom is -0.366 e. The lowest BCUT2D eigenvalue weighted by molar-refractivity contribution is 0.0747. The van der Waals surface area contributed by atoms with Crippen LogP contribution in [0.4, 0.5) is 5.69 Å². The normalized spacial score (nSPS) is 14.8. The van der Waals surface area contributed by atoms with Crippen LogP contribution >= 0.6 is 11.6 Å². The van der Waals surface area contributed by atoms with Crippen LogP contribution in [0.5, 0.6) is 0 Å². The molecule has 1 aromatic heterocycles. The molecule has 1 amide bonds. The van der Waals surface area contributed by atoms with E-state index in [2.05, 4.69) is 34.1 Å². The summed E-state index contributed by atoms with van der Waals surface area (Å²) in [5.74, 6) is 0.0624. The van der Waals surface area contributed by atoms with Gasteiger partial charge in [0.1, 0.15) is 0 Å². The van der Waals surface area contributed by atoms with Gasteiger partial charge in [0.15, 0.2) is 0 Å². The van der Waals surface area contributed by atoms with E-state index in [-0.39, 0.29) is 5.91 Å². The number of carbonyl (C=O) groups excluding carboxylic acids is 1. The van der Waals surface area contributed by atoms with E-state index in [0.717, 1.165) is 29.7 Å². The summed E-state index contributed by atoms with van der Waals surface area (Å²) in [6.07, 6.45) is 1.83. The highest BCUT2D eigenvalue weighted by molar-refractivity contribution is 6.30. The van der Waals surface area contributed by atoms with Crippen molar-refractivity contribution in [3.8, 4) is 0 Å². The predicted octanol–water partition coefficient (Wildman–Crippen LogP) is 3.85. The van der Waals surface area contributed by atoms with Gasteiger partial charge < -0.3 is 9.80 Å². The number of para-hydroxylation sites is 1. The molecule has 5 heteroatoms. The second-order valence-corrected chi connectivity index (χ2v) is 6.57. The van der Waals surface area contributed by atoms with Crippen molar-refractivity contribution in [2.75, 3.05) is 31.1 Å². The number of pyridine rings is 1. The number of amides is 1. The lowest BCUT2D eigenvalue weighted by atomic mass is 10.1. The fourth-order valence-electron chi connectivity index (χ4n) is 3.27. The van der Waals surface area contributed by atoms with Crippen molar-refractivity contribution in [1.29, 1.82) is 0 Å². The van der Waals surface area contributed by atoms with Gasteiger partial charge in [-0.05, 0) is 36.4 Å². The van der Waals surface area contributed by atoms with Gasteiger partial charge in [0.05, 0.1) is 11.2 Å². The molecule has 25 heavy (non-hydrogen) atoms. The fourth-order valence-corrected chi connectivity index (χ4v) is 3.39. The highest BCUT2D eigenvalue weighted by atomic mass is 35.5. The van der Waals surface area contributed by atoms with Crippen molar-refractivity contribution < 1.29 is 4.79 Å². The van der Waals surface area contributed by atoms with Gasteiger partial charge in [0.25, 0.3) is 5.91 Å². The lowest BCUT2D eigenvalue weighted by Crippen LogP contribution is -2.48. The van der Waals surface area contributed by atoms with Gasteiger partial charge in [0.2, 0.25) is 0 Å². The molecule has 0 radical (unpaired) electrons. The highest BCUT2D eigenvalue weighted by Crippen LogP contribution is 2.26. The van der Waals surface area contributed by atoms with Crippen LogP contribution in [0.2, 0.25) is 5.02 Å². The van der Waals surface area contributed by atoms with Crippen LogP contribution in [0.15, 0.2) is 60.8 Å². The molecule has 0 unspecified atom stereocenters. The summed E-state index contributed by atoms with van der Waals surface area (Å²) < 4.78 is 0. The van der Waals surface area contributed by atoms with E-state index in [4.69, 9.17) is 11.6 Å². The number of nitrogens with zero attached hydrogens (tertiary/aromatic N) is 3. The maximum absolute atomic E-state index is 12.6. The van der Waals surface area contributed by atoms with Crippen LogP contribution in [0, 0.1) is 0 Å². The molecular weight excluding hydrogens is 334 g/mol. The lowest BCUT2D eigenvalue weighted by Gasteiger charge is -2.36. The van der Waals surface area contributed by atoms with Crippen molar-refractivity contribution in [3.63, 3.8) is 0 Å². The smallest absolute Gasteiger partial charge is 0.253 e. The van der Waals surface area contributed by atoms with Crippen molar-refractivity contribution in [1.82, 2.24) is 9.88 Å². The standard InChI is InChI=1S/C20H18ClN3O/c21-17-8-6-16(7-9-17)20(25)24-13-11-23(12-14-24)18-5-1-3-15-4-2-10-22-19(15)18/h1-10H,11-14H2. The Balaban J connectivity index is 1.49. The van der Waals surface area contributed by atoms with Crippen molar-refractivity contribution in [2.45, 2.75) is 0 Å². The number of fused-ring (bicyclic) bond motifs is 1. The zero-order valence-corrected chi connectivity index (χ0v) is 14.5. The third-order valence-electron chi connectivity index (χ3n) is 4.61. The number of halogens is 1. The molecule has 126 valence electrons. The van der Waals surface area contributed by atoms with Gasteiger partial charge in [-0.3, -0.25) is 9.78 Å². The Morgan fingerprint density at radius 1 is 0.920 bits per heavy atom. The van der Waals surface area contributed by atoms with E-state index in [1.807, 2.05) is 17.2 Å². The van der Waals surface area contributed by atoms with Gasteiger partial charge in [-0.15, -0.1) is 0 Å². The molecule has 3 aromatic rings. The van der Waals surface area contributed by atoms with Crippen LogP contribution < -0.4 is 4.90 Å². The number of benzene rings is 2. The van der Waals surface area contributed by atoms with Crippen LogP contribution in [0.1, 0.15) is 10.4 Å². The Morgan fingerprint density at radius 3 is 2.40 bits per heavy atom. The summed E-state index contributed by atoms with van der Waals surface area (Å²) in [6, 6.07) is 17.3. The van der Waals surface area contributed by atoms with Gasteiger partial charge in [0, 0.05) is 48.3 Å². The summed E-state index contributed by atoms with van der Waals surface area (Å²) in [6.45, 7) is 3.00. The zero-order chi connectivity index (χ0) is 17.2. The third-order valence-corrected chi connectivity index (χ3v) is 4.86.